The lowest BCUT2D eigenvalue weighted by Gasteiger charge is -2.31. The summed E-state index contributed by atoms with van der Waals surface area (Å²) in [6.45, 7) is 4.26. The molecule has 0 amide bonds. The van der Waals surface area contributed by atoms with Gasteiger partial charge in [0.1, 0.15) is 11.3 Å². The monoisotopic (exact) mass is 119 g/mol. The van der Waals surface area contributed by atoms with Crippen molar-refractivity contribution in [3.05, 3.63) is 0 Å². The summed E-state index contributed by atoms with van der Waals surface area (Å²) >= 11 is 0. The van der Waals surface area contributed by atoms with Crippen molar-refractivity contribution in [2.75, 3.05) is 0 Å². The lowest BCUT2D eigenvalue weighted by atomic mass is 9.98. The van der Waals surface area contributed by atoms with Gasteiger partial charge < -0.3 is 15.9 Å². The first-order chi connectivity index (χ1) is 3.25. The van der Waals surface area contributed by atoms with Crippen LogP contribution >= 0.6 is 0 Å². The molecule has 0 aromatic carbocycles. The molecule has 4 N–H and O–H groups in total. The van der Waals surface area contributed by atoms with E-state index >= 15 is 0 Å². The minimum atomic E-state index is -1.51. The van der Waals surface area contributed by atoms with E-state index < -0.39 is 11.3 Å². The van der Waals surface area contributed by atoms with Crippen molar-refractivity contribution >= 4 is 0 Å². The summed E-state index contributed by atoms with van der Waals surface area (Å²) in [5, 5.41) is 17.9. The average Bonchev–Trinajstić information content (AvgIpc) is 1.25. The van der Waals surface area contributed by atoms with Crippen molar-refractivity contribution in [3.63, 3.8) is 0 Å². The van der Waals surface area contributed by atoms with E-state index in [1.165, 1.54) is 20.8 Å². The Morgan fingerprint density at radius 1 is 1.12 bits per heavy atom. The predicted octanol–water partition coefficient (Wildman–Crippen LogP) is -0.576. The predicted molar refractivity (Wildman–Crippen MR) is 31.1 cm³/mol. The summed E-state index contributed by atoms with van der Waals surface area (Å²) in [6.07, 6.45) is 0. The van der Waals surface area contributed by atoms with Gasteiger partial charge in [-0.05, 0) is 20.8 Å². The van der Waals surface area contributed by atoms with Crippen LogP contribution in [0.2, 0.25) is 0 Å². The van der Waals surface area contributed by atoms with Crippen molar-refractivity contribution < 1.29 is 10.2 Å². The summed E-state index contributed by atoms with van der Waals surface area (Å²) in [6, 6.07) is 0. The highest BCUT2D eigenvalue weighted by Crippen LogP contribution is 2.13. The second-order valence-electron chi connectivity index (χ2n) is 2.71. The zero-order valence-electron chi connectivity index (χ0n) is 5.47. The highest BCUT2D eigenvalue weighted by molar-refractivity contribution is 4.83. The fourth-order valence-electron chi connectivity index (χ4n) is 0. The first kappa shape index (κ1) is 7.88. The summed E-state index contributed by atoms with van der Waals surface area (Å²) in [5.74, 6) is 0. The lowest BCUT2D eigenvalue weighted by Crippen LogP contribution is -2.54. The maximum absolute atomic E-state index is 8.98. The van der Waals surface area contributed by atoms with E-state index in [1.807, 2.05) is 0 Å². The van der Waals surface area contributed by atoms with Gasteiger partial charge in [-0.1, -0.05) is 0 Å². The van der Waals surface area contributed by atoms with Gasteiger partial charge in [0.15, 0.2) is 0 Å². The van der Waals surface area contributed by atoms with Crippen molar-refractivity contribution in [1.82, 2.24) is 0 Å². The van der Waals surface area contributed by atoms with E-state index in [4.69, 9.17) is 15.9 Å². The zero-order valence-corrected chi connectivity index (χ0v) is 5.47. The molecule has 3 heteroatoms. The van der Waals surface area contributed by atoms with Gasteiger partial charge in [-0.15, -0.1) is 0 Å². The Balaban J connectivity index is 4.02. The SMILES string of the molecule is CC(C)(O)C(C)(N)O. The van der Waals surface area contributed by atoms with Gasteiger partial charge in [-0.2, -0.15) is 0 Å². The van der Waals surface area contributed by atoms with E-state index in [0.29, 0.717) is 0 Å². The topological polar surface area (TPSA) is 66.5 Å². The molecule has 0 aliphatic carbocycles. The Kier molecular flexibility index (Phi) is 1.66. The van der Waals surface area contributed by atoms with Crippen molar-refractivity contribution in [3.8, 4) is 0 Å². The molecular formula is C5H13NO2. The number of rotatable bonds is 1. The van der Waals surface area contributed by atoms with Gasteiger partial charge in [0, 0.05) is 0 Å². The summed E-state index contributed by atoms with van der Waals surface area (Å²) in [7, 11) is 0. The minimum Gasteiger partial charge on any atom is -0.386 e. The highest BCUT2D eigenvalue weighted by atomic mass is 16.4. The molecule has 1 atom stereocenters. The van der Waals surface area contributed by atoms with Gasteiger partial charge in [0.05, 0.1) is 0 Å². The number of hydrogen-bond acceptors (Lipinski definition) is 3. The van der Waals surface area contributed by atoms with E-state index in [0.717, 1.165) is 0 Å². The molecule has 0 bridgehead atoms. The molecule has 0 spiro atoms. The molecule has 0 aliphatic heterocycles. The van der Waals surface area contributed by atoms with Crippen molar-refractivity contribution in [1.29, 1.82) is 0 Å². The molecule has 3 nitrogen and oxygen atoms in total. The van der Waals surface area contributed by atoms with E-state index in [1.54, 1.807) is 0 Å². The molecule has 0 aromatic heterocycles. The Hall–Kier alpha value is -0.120. The molecule has 0 radical (unpaired) electrons. The molecule has 0 aromatic rings. The van der Waals surface area contributed by atoms with Crippen LogP contribution in [0.4, 0.5) is 0 Å². The molecule has 8 heavy (non-hydrogen) atoms. The first-order valence-corrected chi connectivity index (χ1v) is 2.49. The molecule has 0 aliphatic rings. The smallest absolute Gasteiger partial charge is 0.139 e. The molecule has 0 fully saturated rings. The molecule has 50 valence electrons. The summed E-state index contributed by atoms with van der Waals surface area (Å²) < 4.78 is 0. The summed E-state index contributed by atoms with van der Waals surface area (Å²) in [5.41, 5.74) is 2.38. The molecular weight excluding hydrogens is 106 g/mol. The molecule has 1 unspecified atom stereocenters. The molecule has 0 rings (SSSR count). The fraction of sp³-hybridized carbons (Fsp3) is 1.00. The van der Waals surface area contributed by atoms with Gasteiger partial charge in [0.2, 0.25) is 0 Å². The Bertz CT molecular complexity index is 65.4. The number of nitrogens with two attached hydrogens (primary N) is 1. The van der Waals surface area contributed by atoms with Gasteiger partial charge >= 0.3 is 0 Å². The van der Waals surface area contributed by atoms with Crippen LogP contribution in [-0.2, 0) is 0 Å². The molecule has 0 heterocycles. The minimum absolute atomic E-state index is 1.23. The summed E-state index contributed by atoms with van der Waals surface area (Å²) in [4.78, 5) is 0. The fourth-order valence-corrected chi connectivity index (χ4v) is 0. The third-order valence-electron chi connectivity index (χ3n) is 1.24. The highest BCUT2D eigenvalue weighted by Gasteiger charge is 2.32. The normalized spacial score (nSPS) is 20.2. The van der Waals surface area contributed by atoms with Crippen molar-refractivity contribution in [2.45, 2.75) is 32.1 Å². The van der Waals surface area contributed by atoms with Gasteiger partial charge in [-0.3, -0.25) is 0 Å². The average molecular weight is 119 g/mol. The van der Waals surface area contributed by atoms with Crippen LogP contribution in [0.3, 0.4) is 0 Å². The van der Waals surface area contributed by atoms with Crippen molar-refractivity contribution in [2.24, 2.45) is 5.73 Å². The lowest BCUT2D eigenvalue weighted by molar-refractivity contribution is -0.115. The first-order valence-electron chi connectivity index (χ1n) is 2.49. The zero-order chi connectivity index (χ0) is 7.00. The Labute approximate surface area is 49.1 Å². The third kappa shape index (κ3) is 1.78. The van der Waals surface area contributed by atoms with E-state index in [-0.39, 0.29) is 0 Å². The maximum atomic E-state index is 8.98. The standard InChI is InChI=1S/C5H13NO2/c1-4(2,7)5(3,6)8/h7-8H,6H2,1-3H3. The van der Waals surface area contributed by atoms with Crippen LogP contribution in [0.5, 0.6) is 0 Å². The Morgan fingerprint density at radius 2 is 1.25 bits per heavy atom. The largest absolute Gasteiger partial charge is 0.386 e. The number of aliphatic hydroxyl groups is 2. The molecule has 0 saturated carbocycles. The van der Waals surface area contributed by atoms with Crippen LogP contribution in [0.1, 0.15) is 20.8 Å². The third-order valence-corrected chi connectivity index (χ3v) is 1.24. The Morgan fingerprint density at radius 3 is 1.25 bits per heavy atom. The van der Waals surface area contributed by atoms with Crippen LogP contribution in [0.25, 0.3) is 0 Å². The maximum Gasteiger partial charge on any atom is 0.139 e. The second-order valence-corrected chi connectivity index (χ2v) is 2.71. The van der Waals surface area contributed by atoms with Gasteiger partial charge in [-0.25, -0.2) is 0 Å². The van der Waals surface area contributed by atoms with Crippen LogP contribution in [0.15, 0.2) is 0 Å². The van der Waals surface area contributed by atoms with Crippen LogP contribution < -0.4 is 5.73 Å². The van der Waals surface area contributed by atoms with E-state index in [9.17, 15) is 0 Å². The second kappa shape index (κ2) is 1.69. The van der Waals surface area contributed by atoms with Crippen LogP contribution in [-0.4, -0.2) is 21.5 Å². The van der Waals surface area contributed by atoms with Crippen LogP contribution in [0, 0.1) is 0 Å². The van der Waals surface area contributed by atoms with E-state index in [2.05, 4.69) is 0 Å². The van der Waals surface area contributed by atoms with Gasteiger partial charge in [0.25, 0.3) is 0 Å². The quantitative estimate of drug-likeness (QED) is 0.405. The number of hydrogen-bond donors (Lipinski definition) is 3. The molecule has 0 saturated heterocycles.